The Bertz CT molecular complexity index is 299. The highest BCUT2D eigenvalue weighted by atomic mass is 32.2. The van der Waals surface area contributed by atoms with E-state index in [-0.39, 0.29) is 0 Å². The van der Waals surface area contributed by atoms with Crippen molar-refractivity contribution in [3.05, 3.63) is 11.1 Å². The van der Waals surface area contributed by atoms with Crippen LogP contribution < -0.4 is 10.5 Å². The lowest BCUT2D eigenvalue weighted by Crippen LogP contribution is -2.25. The van der Waals surface area contributed by atoms with E-state index in [2.05, 4.69) is 4.72 Å². The first-order chi connectivity index (χ1) is 5.58. The molecule has 0 bridgehead atoms. The molecule has 0 saturated carbocycles. The van der Waals surface area contributed by atoms with Crippen molar-refractivity contribution in [3.63, 3.8) is 0 Å². The zero-order valence-electron chi connectivity index (χ0n) is 6.74. The molecule has 0 aliphatic rings. The van der Waals surface area contributed by atoms with Gasteiger partial charge in [-0.2, -0.15) is 5.26 Å². The van der Waals surface area contributed by atoms with Crippen LogP contribution in [0.1, 0.15) is 13.3 Å². The Morgan fingerprint density at radius 2 is 2.33 bits per heavy atom. The summed E-state index contributed by atoms with van der Waals surface area (Å²) in [5.74, 6) is 0. The van der Waals surface area contributed by atoms with Crippen LogP contribution in [-0.4, -0.2) is 15.0 Å². The Morgan fingerprint density at radius 3 is 2.67 bits per heavy atom. The van der Waals surface area contributed by atoms with Crippen molar-refractivity contribution >= 4 is 10.0 Å². The third kappa shape index (κ3) is 2.90. The molecular weight excluding hydrogens is 178 g/mol. The summed E-state index contributed by atoms with van der Waals surface area (Å²) in [6.07, 6.45) is 1.44. The van der Waals surface area contributed by atoms with Crippen molar-refractivity contribution < 1.29 is 8.42 Å². The highest BCUT2D eigenvalue weighted by molar-refractivity contribution is 7.93. The maximum Gasteiger partial charge on any atom is 0.252 e. The lowest BCUT2D eigenvalue weighted by Gasteiger charge is -2.01. The zero-order valence-corrected chi connectivity index (χ0v) is 7.56. The van der Waals surface area contributed by atoms with Crippen molar-refractivity contribution in [2.75, 3.05) is 6.54 Å². The van der Waals surface area contributed by atoms with Gasteiger partial charge in [-0.25, -0.2) is 13.1 Å². The van der Waals surface area contributed by atoms with E-state index in [1.807, 2.05) is 6.92 Å². The van der Waals surface area contributed by atoms with Gasteiger partial charge >= 0.3 is 0 Å². The van der Waals surface area contributed by atoms with Gasteiger partial charge in [-0.15, -0.1) is 0 Å². The maximum atomic E-state index is 11.1. The topological polar surface area (TPSA) is 96.0 Å². The van der Waals surface area contributed by atoms with Crippen LogP contribution in [0.4, 0.5) is 0 Å². The maximum absolute atomic E-state index is 11.1. The quantitative estimate of drug-likeness (QED) is 0.590. The van der Waals surface area contributed by atoms with Gasteiger partial charge in [-0.3, -0.25) is 0 Å². The van der Waals surface area contributed by atoms with Crippen LogP contribution in [-0.2, 0) is 10.0 Å². The van der Waals surface area contributed by atoms with E-state index in [0.29, 0.717) is 13.0 Å². The van der Waals surface area contributed by atoms with Crippen LogP contribution >= 0.6 is 0 Å². The number of hydrogen-bond donors (Lipinski definition) is 2. The first-order valence-corrected chi connectivity index (χ1v) is 4.88. The van der Waals surface area contributed by atoms with Gasteiger partial charge in [0.15, 0.2) is 4.91 Å². The highest BCUT2D eigenvalue weighted by Crippen LogP contribution is 1.99. The van der Waals surface area contributed by atoms with Crippen LogP contribution in [0, 0.1) is 11.3 Å². The van der Waals surface area contributed by atoms with Gasteiger partial charge in [0.05, 0.1) is 0 Å². The fourth-order valence-electron chi connectivity index (χ4n) is 0.501. The molecule has 0 amide bonds. The SMILES string of the molecule is CCCNS(=O)(=O)C(C#N)=CN. The molecular formula is C6H11N3O2S. The summed E-state index contributed by atoms with van der Waals surface area (Å²) in [6.45, 7) is 2.13. The van der Waals surface area contributed by atoms with E-state index in [1.54, 1.807) is 0 Å². The molecule has 0 aliphatic carbocycles. The van der Waals surface area contributed by atoms with Crippen LogP contribution in [0.15, 0.2) is 11.1 Å². The van der Waals surface area contributed by atoms with Crippen molar-refractivity contribution in [1.29, 1.82) is 5.26 Å². The number of rotatable bonds is 4. The van der Waals surface area contributed by atoms with Gasteiger partial charge in [-0.1, -0.05) is 6.92 Å². The van der Waals surface area contributed by atoms with E-state index in [1.165, 1.54) is 6.07 Å². The molecule has 0 saturated heterocycles. The van der Waals surface area contributed by atoms with Crippen LogP contribution in [0.3, 0.4) is 0 Å². The van der Waals surface area contributed by atoms with Crippen molar-refractivity contribution in [3.8, 4) is 6.07 Å². The predicted octanol–water partition coefficient (Wildman–Crippen LogP) is -0.361. The van der Waals surface area contributed by atoms with E-state index in [9.17, 15) is 8.42 Å². The van der Waals surface area contributed by atoms with Crippen LogP contribution in [0.2, 0.25) is 0 Å². The predicted molar refractivity (Wildman–Crippen MR) is 45.1 cm³/mol. The lowest BCUT2D eigenvalue weighted by molar-refractivity contribution is 0.588. The van der Waals surface area contributed by atoms with Crippen molar-refractivity contribution in [2.45, 2.75) is 13.3 Å². The molecule has 0 aliphatic heterocycles. The van der Waals surface area contributed by atoms with Gasteiger partial charge in [0.1, 0.15) is 6.07 Å². The van der Waals surface area contributed by atoms with E-state index >= 15 is 0 Å². The summed E-state index contributed by atoms with van der Waals surface area (Å²) in [7, 11) is -3.66. The van der Waals surface area contributed by atoms with E-state index < -0.39 is 14.9 Å². The summed E-state index contributed by atoms with van der Waals surface area (Å²) in [5.41, 5.74) is 4.94. The Balaban J connectivity index is 4.54. The Hall–Kier alpha value is -1.06. The molecule has 5 nitrogen and oxygen atoms in total. The van der Waals surface area contributed by atoms with Crippen LogP contribution in [0.5, 0.6) is 0 Å². The molecule has 0 spiro atoms. The summed E-state index contributed by atoms with van der Waals surface area (Å²) >= 11 is 0. The molecule has 0 aromatic rings. The average molecular weight is 189 g/mol. The number of nitrogens with one attached hydrogen (secondary N) is 1. The molecule has 0 heterocycles. The Morgan fingerprint density at radius 1 is 1.75 bits per heavy atom. The summed E-state index contributed by atoms with van der Waals surface area (Å²) in [5, 5.41) is 8.34. The first kappa shape index (κ1) is 10.9. The summed E-state index contributed by atoms with van der Waals surface area (Å²) < 4.78 is 24.4. The van der Waals surface area contributed by atoms with E-state index in [0.717, 1.165) is 6.20 Å². The number of allylic oxidation sites excluding steroid dienone is 1. The normalized spacial score (nSPS) is 12.5. The monoisotopic (exact) mass is 189 g/mol. The number of hydrogen-bond acceptors (Lipinski definition) is 4. The second-order valence-electron chi connectivity index (χ2n) is 2.04. The molecule has 0 rings (SSSR count). The molecule has 0 fully saturated rings. The zero-order chi connectivity index (χ0) is 9.61. The molecule has 0 unspecified atom stereocenters. The first-order valence-electron chi connectivity index (χ1n) is 3.40. The molecule has 6 heteroatoms. The second-order valence-corrected chi connectivity index (χ2v) is 3.78. The fourth-order valence-corrected chi connectivity index (χ4v) is 1.43. The van der Waals surface area contributed by atoms with Gasteiger partial charge in [0.25, 0.3) is 10.0 Å². The Labute approximate surface area is 71.9 Å². The average Bonchev–Trinajstić information content (AvgIpc) is 2.03. The molecule has 68 valence electrons. The standard InChI is InChI=1S/C6H11N3O2S/c1-2-3-9-12(10,11)6(4-7)5-8/h4,9H,2-3,7H2,1H3. The van der Waals surface area contributed by atoms with Gasteiger partial charge in [0, 0.05) is 12.7 Å². The smallest absolute Gasteiger partial charge is 0.252 e. The van der Waals surface area contributed by atoms with Crippen molar-refractivity contribution in [2.24, 2.45) is 5.73 Å². The lowest BCUT2D eigenvalue weighted by atomic mass is 10.5. The molecule has 0 atom stereocenters. The Kier molecular flexibility index (Phi) is 4.33. The minimum Gasteiger partial charge on any atom is -0.403 e. The molecule has 12 heavy (non-hydrogen) atoms. The number of nitrogens with two attached hydrogens (primary N) is 1. The number of nitrogens with zero attached hydrogens (tertiary/aromatic N) is 1. The highest BCUT2D eigenvalue weighted by Gasteiger charge is 2.14. The third-order valence-electron chi connectivity index (χ3n) is 1.09. The summed E-state index contributed by atoms with van der Waals surface area (Å²) in [6, 6.07) is 1.49. The minimum absolute atomic E-state index is 0.307. The van der Waals surface area contributed by atoms with Crippen molar-refractivity contribution in [1.82, 2.24) is 4.72 Å². The number of nitriles is 1. The molecule has 0 aromatic carbocycles. The minimum atomic E-state index is -3.66. The van der Waals surface area contributed by atoms with Gasteiger partial charge in [0.2, 0.25) is 0 Å². The van der Waals surface area contributed by atoms with Gasteiger partial charge < -0.3 is 5.73 Å². The largest absolute Gasteiger partial charge is 0.403 e. The molecule has 3 N–H and O–H groups in total. The fraction of sp³-hybridized carbons (Fsp3) is 0.500. The molecule has 0 radical (unpaired) electrons. The summed E-state index contributed by atoms with van der Waals surface area (Å²) in [4.78, 5) is -0.448. The van der Waals surface area contributed by atoms with Crippen LogP contribution in [0.25, 0.3) is 0 Å². The van der Waals surface area contributed by atoms with E-state index in [4.69, 9.17) is 11.0 Å². The third-order valence-corrected chi connectivity index (χ3v) is 2.48. The molecule has 0 aromatic heterocycles. The second kappa shape index (κ2) is 4.74. The van der Waals surface area contributed by atoms with Gasteiger partial charge in [-0.05, 0) is 6.42 Å². The number of sulfonamides is 1.